The number of halogens is 2. The van der Waals surface area contributed by atoms with E-state index in [1.807, 2.05) is 24.3 Å². The lowest BCUT2D eigenvalue weighted by Gasteiger charge is -2.37. The maximum absolute atomic E-state index is 14.3. The lowest BCUT2D eigenvalue weighted by molar-refractivity contribution is -0.129. The van der Waals surface area contributed by atoms with E-state index < -0.39 is 29.6 Å². The molecule has 35 heavy (non-hydrogen) atoms. The second-order valence-corrected chi connectivity index (χ2v) is 8.97. The van der Waals surface area contributed by atoms with E-state index in [9.17, 15) is 23.5 Å². The van der Waals surface area contributed by atoms with Crippen LogP contribution in [0.3, 0.4) is 0 Å². The third-order valence-corrected chi connectivity index (χ3v) is 6.96. The number of nitrogens with zero attached hydrogens (tertiary/aromatic N) is 1. The number of aliphatic hydroxyl groups excluding tert-OH is 1. The van der Waals surface area contributed by atoms with E-state index in [4.69, 9.17) is 0 Å². The lowest BCUT2D eigenvalue weighted by Crippen LogP contribution is -2.44. The number of fused-ring (bicyclic) bond motifs is 4. The highest BCUT2D eigenvalue weighted by Crippen LogP contribution is 2.45. The summed E-state index contributed by atoms with van der Waals surface area (Å²) >= 11 is 0. The molecule has 0 aliphatic carbocycles. The molecular weight excluding hydrogens is 450 g/mol. The lowest BCUT2D eigenvalue weighted by atomic mass is 9.88. The van der Waals surface area contributed by atoms with Gasteiger partial charge in [-0.25, -0.2) is 8.78 Å². The van der Waals surface area contributed by atoms with Gasteiger partial charge in [0.25, 0.3) is 5.91 Å². The Bertz CT molecular complexity index is 1570. The molecule has 0 spiro atoms. The Labute approximate surface area is 199 Å². The summed E-state index contributed by atoms with van der Waals surface area (Å²) in [6, 6.07) is 16.9. The van der Waals surface area contributed by atoms with Crippen LogP contribution in [0.1, 0.15) is 29.8 Å². The minimum Gasteiger partial charge on any atom is -0.512 e. The van der Waals surface area contributed by atoms with Crippen molar-refractivity contribution in [2.45, 2.75) is 25.4 Å². The van der Waals surface area contributed by atoms with Crippen molar-refractivity contribution in [1.82, 2.24) is 9.88 Å². The quantitative estimate of drug-likeness (QED) is 0.235. The molecule has 2 N–H and O–H groups in total. The van der Waals surface area contributed by atoms with Crippen molar-refractivity contribution < 1.29 is 23.5 Å². The molecule has 0 radical (unpaired) electrons. The summed E-state index contributed by atoms with van der Waals surface area (Å²) in [7, 11) is 0. The number of carbonyl (C=O) groups is 2. The van der Waals surface area contributed by atoms with Gasteiger partial charge in [-0.15, -0.1) is 0 Å². The number of aromatic nitrogens is 1. The summed E-state index contributed by atoms with van der Waals surface area (Å²) in [5, 5.41) is 11.1. The highest BCUT2D eigenvalue weighted by molar-refractivity contribution is 6.27. The van der Waals surface area contributed by atoms with Gasteiger partial charge in [-0.2, -0.15) is 0 Å². The van der Waals surface area contributed by atoms with Gasteiger partial charge in [0.15, 0.2) is 5.78 Å². The van der Waals surface area contributed by atoms with Crippen LogP contribution in [0.5, 0.6) is 0 Å². The monoisotopic (exact) mass is 470 g/mol. The predicted molar refractivity (Wildman–Crippen MR) is 127 cm³/mol. The maximum Gasteiger partial charge on any atom is 0.262 e. The van der Waals surface area contributed by atoms with Crippen molar-refractivity contribution >= 4 is 22.6 Å². The Morgan fingerprint density at radius 3 is 2.49 bits per heavy atom. The average molecular weight is 470 g/mol. The van der Waals surface area contributed by atoms with Crippen LogP contribution in [0, 0.1) is 11.6 Å². The minimum atomic E-state index is -0.731. The number of Topliss-reactive ketones (excluding diaryl/α,β-unsaturated/α-hetero) is 1. The van der Waals surface area contributed by atoms with E-state index in [0.717, 1.165) is 33.8 Å². The number of H-pyrrole nitrogens is 1. The molecule has 1 amide bonds. The fraction of sp³-hybridized carbons (Fsp3) is 0.143. The molecule has 5 nitrogen and oxygen atoms in total. The summed E-state index contributed by atoms with van der Waals surface area (Å²) in [5.41, 5.74) is 4.04. The first-order chi connectivity index (χ1) is 16.8. The SMILES string of the molecule is C/C(O)=C1\C(=O)[C@@H]2Cc3c([nH]c4ccccc34)[C@@H](c3ccc(-c4ccc(F)cc4F)cc3)N2C1=O. The van der Waals surface area contributed by atoms with Crippen LogP contribution in [0.2, 0.25) is 0 Å². The van der Waals surface area contributed by atoms with E-state index in [2.05, 4.69) is 4.98 Å². The van der Waals surface area contributed by atoms with Crippen LogP contribution < -0.4 is 0 Å². The first-order valence-electron chi connectivity index (χ1n) is 11.3. The van der Waals surface area contributed by atoms with Crippen molar-refractivity contribution in [2.24, 2.45) is 0 Å². The van der Waals surface area contributed by atoms with Gasteiger partial charge in [0.05, 0.1) is 6.04 Å². The van der Waals surface area contributed by atoms with E-state index in [-0.39, 0.29) is 22.7 Å². The summed E-state index contributed by atoms with van der Waals surface area (Å²) in [6.45, 7) is 1.35. The highest BCUT2D eigenvalue weighted by atomic mass is 19.1. The number of amides is 1. The zero-order valence-corrected chi connectivity index (χ0v) is 18.7. The van der Waals surface area contributed by atoms with Gasteiger partial charge >= 0.3 is 0 Å². The Balaban J connectivity index is 1.52. The third-order valence-electron chi connectivity index (χ3n) is 6.96. The molecule has 2 atom stereocenters. The second-order valence-electron chi connectivity index (χ2n) is 8.97. The van der Waals surface area contributed by atoms with Crippen LogP contribution in [0.4, 0.5) is 8.78 Å². The molecule has 0 saturated carbocycles. The molecule has 6 rings (SSSR count). The van der Waals surface area contributed by atoms with E-state index >= 15 is 0 Å². The molecule has 174 valence electrons. The summed E-state index contributed by atoms with van der Waals surface area (Å²) in [5.74, 6) is -2.50. The number of aromatic amines is 1. The number of hydrogen-bond donors (Lipinski definition) is 2. The average Bonchev–Trinajstić information content (AvgIpc) is 3.33. The molecule has 0 bridgehead atoms. The predicted octanol–water partition coefficient (Wildman–Crippen LogP) is 5.37. The number of carbonyl (C=O) groups excluding carboxylic acids is 2. The van der Waals surface area contributed by atoms with Crippen molar-refractivity contribution in [2.75, 3.05) is 0 Å². The van der Waals surface area contributed by atoms with Gasteiger partial charge in [-0.3, -0.25) is 9.59 Å². The largest absolute Gasteiger partial charge is 0.512 e. The number of aliphatic hydroxyl groups is 1. The molecule has 7 heteroatoms. The van der Waals surface area contributed by atoms with Gasteiger partial charge in [-0.1, -0.05) is 42.5 Å². The van der Waals surface area contributed by atoms with Crippen molar-refractivity contribution in [3.05, 3.63) is 107 Å². The molecule has 1 fully saturated rings. The van der Waals surface area contributed by atoms with Crippen molar-refractivity contribution in [3.63, 3.8) is 0 Å². The van der Waals surface area contributed by atoms with E-state index in [1.165, 1.54) is 24.0 Å². The molecule has 3 aromatic carbocycles. The molecule has 1 aromatic heterocycles. The summed E-state index contributed by atoms with van der Waals surface area (Å²) < 4.78 is 27.7. The van der Waals surface area contributed by atoms with Crippen LogP contribution in [0.15, 0.2) is 78.1 Å². The third kappa shape index (κ3) is 3.11. The number of nitrogens with one attached hydrogen (secondary N) is 1. The smallest absolute Gasteiger partial charge is 0.262 e. The first kappa shape index (κ1) is 21.3. The zero-order chi connectivity index (χ0) is 24.4. The van der Waals surface area contributed by atoms with E-state index in [0.29, 0.717) is 12.0 Å². The number of allylic oxidation sites excluding steroid dienone is 1. The van der Waals surface area contributed by atoms with Crippen LogP contribution >= 0.6 is 0 Å². The Hall–Kier alpha value is -4.26. The number of rotatable bonds is 2. The minimum absolute atomic E-state index is 0.181. The fourth-order valence-corrected chi connectivity index (χ4v) is 5.39. The van der Waals surface area contributed by atoms with Crippen LogP contribution in [-0.2, 0) is 16.0 Å². The molecule has 0 unspecified atom stereocenters. The molecule has 1 saturated heterocycles. The maximum atomic E-state index is 14.3. The highest BCUT2D eigenvalue weighted by Gasteiger charge is 2.52. The van der Waals surface area contributed by atoms with Gasteiger partial charge in [0.1, 0.15) is 29.0 Å². The Morgan fingerprint density at radius 1 is 1.03 bits per heavy atom. The summed E-state index contributed by atoms with van der Waals surface area (Å²) in [4.78, 5) is 31.5. The number of benzene rings is 3. The Kier molecular flexibility index (Phi) is 4.64. The number of hydrogen-bond acceptors (Lipinski definition) is 3. The van der Waals surface area contributed by atoms with E-state index in [1.54, 1.807) is 24.3 Å². The molecular formula is C28H20F2N2O3. The van der Waals surface area contributed by atoms with Crippen LogP contribution in [0.25, 0.3) is 22.0 Å². The first-order valence-corrected chi connectivity index (χ1v) is 11.3. The van der Waals surface area contributed by atoms with Gasteiger partial charge in [0, 0.05) is 34.6 Å². The molecule has 4 aromatic rings. The van der Waals surface area contributed by atoms with Gasteiger partial charge in [-0.05, 0) is 41.8 Å². The van der Waals surface area contributed by atoms with Crippen molar-refractivity contribution in [1.29, 1.82) is 0 Å². The molecule has 2 aliphatic heterocycles. The summed E-state index contributed by atoms with van der Waals surface area (Å²) in [6.07, 6.45) is 0.343. The Morgan fingerprint density at radius 2 is 1.77 bits per heavy atom. The van der Waals surface area contributed by atoms with Gasteiger partial charge in [0.2, 0.25) is 0 Å². The standard InChI is InChI=1S/C28H20F2N2O3/c1-14(33)24-27(34)23-13-20-19-4-2-3-5-22(19)31-25(20)26(32(23)28(24)35)16-8-6-15(7-9-16)18-11-10-17(29)12-21(18)30/h2-12,23,26,31,33H,13H2,1H3/b24-14-/t23-,26+/m0/s1. The number of ketones is 1. The zero-order valence-electron chi connectivity index (χ0n) is 18.7. The molecule has 2 aliphatic rings. The number of para-hydroxylation sites is 1. The van der Waals surface area contributed by atoms with Crippen LogP contribution in [-0.4, -0.2) is 32.7 Å². The fourth-order valence-electron chi connectivity index (χ4n) is 5.39. The second kappa shape index (κ2) is 7.63. The molecule has 3 heterocycles. The van der Waals surface area contributed by atoms with Crippen molar-refractivity contribution in [3.8, 4) is 11.1 Å². The normalized spacial score (nSPS) is 20.8. The van der Waals surface area contributed by atoms with Gasteiger partial charge < -0.3 is 15.0 Å². The topological polar surface area (TPSA) is 73.4 Å².